The predicted molar refractivity (Wildman–Crippen MR) is 108 cm³/mol. The van der Waals surface area contributed by atoms with Crippen LogP contribution in [0.3, 0.4) is 0 Å². The fraction of sp³-hybridized carbons (Fsp3) is 0.455. The number of hydrogen-bond donors (Lipinski definition) is 1. The van der Waals surface area contributed by atoms with Crippen molar-refractivity contribution in [2.75, 3.05) is 6.61 Å². The van der Waals surface area contributed by atoms with Gasteiger partial charge < -0.3 is 28.8 Å². The molecule has 0 spiro atoms. The van der Waals surface area contributed by atoms with Gasteiger partial charge in [-0.25, -0.2) is 0 Å². The molecule has 2 heterocycles. The number of ether oxygens (including phenoxy) is 5. The lowest BCUT2D eigenvalue weighted by atomic mass is 9.97. The highest BCUT2D eigenvalue weighted by Crippen LogP contribution is 2.35. The zero-order valence-electron chi connectivity index (χ0n) is 17.2. The smallest absolute Gasteiger partial charge is 0.269 e. The number of nitro groups is 1. The number of hydrogen-bond acceptors (Lipinski definition) is 8. The van der Waals surface area contributed by atoms with Gasteiger partial charge in [0.1, 0.15) is 30.2 Å². The Balaban J connectivity index is 1.51. The molecule has 0 aromatic heterocycles. The van der Waals surface area contributed by atoms with Crippen LogP contribution in [0, 0.1) is 10.1 Å². The summed E-state index contributed by atoms with van der Waals surface area (Å²) in [6, 6.07) is 15.2. The van der Waals surface area contributed by atoms with E-state index in [1.165, 1.54) is 24.3 Å². The third-order valence-electron chi connectivity index (χ3n) is 5.21. The minimum absolute atomic E-state index is 0.0575. The molecule has 1 N–H and O–H groups in total. The quantitative estimate of drug-likeness (QED) is 0.549. The van der Waals surface area contributed by atoms with E-state index in [4.69, 9.17) is 23.7 Å². The van der Waals surface area contributed by atoms with Crippen LogP contribution >= 0.6 is 0 Å². The Morgan fingerprint density at radius 3 is 2.55 bits per heavy atom. The topological polar surface area (TPSA) is 110 Å². The maximum absolute atomic E-state index is 11.0. The number of aliphatic hydroxyl groups is 1. The molecule has 0 radical (unpaired) electrons. The summed E-state index contributed by atoms with van der Waals surface area (Å²) in [7, 11) is 0. The maximum Gasteiger partial charge on any atom is 0.269 e. The molecule has 2 aromatic carbocycles. The number of non-ortho nitro benzene ring substituents is 1. The SMILES string of the molecule is CC1(C)OC[C@H]2O[C@@H](Oc3ccc([N+](=O)[O-])cc3)[C@H](O)[C@@H](OCc3ccccc3)[C@H]2O1. The van der Waals surface area contributed by atoms with Gasteiger partial charge in [0, 0.05) is 12.1 Å². The number of nitro benzene ring substituents is 1. The van der Waals surface area contributed by atoms with Gasteiger partial charge in [0.05, 0.1) is 18.1 Å². The van der Waals surface area contributed by atoms with Crippen molar-refractivity contribution in [2.24, 2.45) is 0 Å². The van der Waals surface area contributed by atoms with E-state index < -0.39 is 41.4 Å². The molecule has 2 saturated heterocycles. The van der Waals surface area contributed by atoms with E-state index in [9.17, 15) is 15.2 Å². The van der Waals surface area contributed by atoms with Gasteiger partial charge >= 0.3 is 0 Å². The lowest BCUT2D eigenvalue weighted by molar-refractivity contribution is -0.385. The molecule has 0 amide bonds. The highest BCUT2D eigenvalue weighted by molar-refractivity contribution is 5.36. The van der Waals surface area contributed by atoms with Crippen LogP contribution in [0.15, 0.2) is 54.6 Å². The van der Waals surface area contributed by atoms with Gasteiger partial charge in [-0.1, -0.05) is 30.3 Å². The molecule has 0 aliphatic carbocycles. The molecule has 9 nitrogen and oxygen atoms in total. The fourth-order valence-electron chi connectivity index (χ4n) is 3.65. The first kappa shape index (κ1) is 21.7. The summed E-state index contributed by atoms with van der Waals surface area (Å²) >= 11 is 0. The van der Waals surface area contributed by atoms with Crippen molar-refractivity contribution < 1.29 is 33.7 Å². The number of fused-ring (bicyclic) bond motifs is 1. The molecule has 5 atom stereocenters. The molecule has 0 unspecified atom stereocenters. The van der Waals surface area contributed by atoms with Crippen molar-refractivity contribution in [3.8, 4) is 5.75 Å². The Morgan fingerprint density at radius 2 is 1.87 bits per heavy atom. The summed E-state index contributed by atoms with van der Waals surface area (Å²) in [4.78, 5) is 10.4. The zero-order valence-corrected chi connectivity index (χ0v) is 17.2. The van der Waals surface area contributed by atoms with Gasteiger partial charge in [0.15, 0.2) is 5.79 Å². The first-order chi connectivity index (χ1) is 14.8. The Morgan fingerprint density at radius 1 is 1.16 bits per heavy atom. The van der Waals surface area contributed by atoms with Gasteiger partial charge in [-0.3, -0.25) is 10.1 Å². The largest absolute Gasteiger partial charge is 0.462 e. The highest BCUT2D eigenvalue weighted by atomic mass is 16.8. The van der Waals surface area contributed by atoms with Crippen LogP contribution in [-0.4, -0.2) is 53.1 Å². The second kappa shape index (κ2) is 8.89. The Labute approximate surface area is 179 Å². The molecular weight excluding hydrogens is 406 g/mol. The molecule has 31 heavy (non-hydrogen) atoms. The monoisotopic (exact) mass is 431 g/mol. The van der Waals surface area contributed by atoms with Crippen LogP contribution in [-0.2, 0) is 25.6 Å². The van der Waals surface area contributed by atoms with Crippen LogP contribution in [0.25, 0.3) is 0 Å². The third kappa shape index (κ3) is 5.03. The van der Waals surface area contributed by atoms with E-state index >= 15 is 0 Å². The first-order valence-electron chi connectivity index (χ1n) is 10.0. The van der Waals surface area contributed by atoms with Gasteiger partial charge in [-0.05, 0) is 31.5 Å². The van der Waals surface area contributed by atoms with Crippen molar-refractivity contribution >= 4 is 5.69 Å². The van der Waals surface area contributed by atoms with Gasteiger partial charge in [-0.15, -0.1) is 0 Å². The molecule has 2 aliphatic rings. The van der Waals surface area contributed by atoms with Gasteiger partial charge in [0.2, 0.25) is 6.29 Å². The minimum atomic E-state index is -1.16. The van der Waals surface area contributed by atoms with E-state index in [-0.39, 0.29) is 18.9 Å². The molecule has 2 aliphatic heterocycles. The normalized spacial score (nSPS) is 29.7. The lowest BCUT2D eigenvalue weighted by Crippen LogP contribution is -2.65. The Kier molecular flexibility index (Phi) is 6.22. The predicted octanol–water partition coefficient (Wildman–Crippen LogP) is 2.80. The first-order valence-corrected chi connectivity index (χ1v) is 10.0. The van der Waals surface area contributed by atoms with E-state index in [1.54, 1.807) is 13.8 Å². The molecule has 2 fully saturated rings. The molecule has 2 aromatic rings. The van der Waals surface area contributed by atoms with Gasteiger partial charge in [-0.2, -0.15) is 0 Å². The summed E-state index contributed by atoms with van der Waals surface area (Å²) in [6.45, 7) is 4.11. The van der Waals surface area contributed by atoms with E-state index in [0.717, 1.165) is 5.56 Å². The molecule has 0 bridgehead atoms. The summed E-state index contributed by atoms with van der Waals surface area (Å²) in [5.74, 6) is -0.516. The number of nitrogens with zero attached hydrogens (tertiary/aromatic N) is 1. The average molecular weight is 431 g/mol. The van der Waals surface area contributed by atoms with Crippen LogP contribution in [0.1, 0.15) is 19.4 Å². The average Bonchev–Trinajstić information content (AvgIpc) is 2.75. The van der Waals surface area contributed by atoms with Crippen LogP contribution < -0.4 is 4.74 Å². The van der Waals surface area contributed by atoms with Crippen molar-refractivity contribution in [3.63, 3.8) is 0 Å². The standard InChI is InChI=1S/C22H25NO8/c1-22(2)28-13-17-19(31-22)20(27-12-14-6-4-3-5-7-14)18(24)21(30-17)29-16-10-8-15(9-11-16)23(25)26/h3-11,17-21,24H,12-13H2,1-2H3/t17-,18-,19+,20-,21-/m1/s1. The summed E-state index contributed by atoms with van der Waals surface area (Å²) in [5, 5.41) is 21.9. The van der Waals surface area contributed by atoms with E-state index in [0.29, 0.717) is 5.75 Å². The number of rotatable bonds is 6. The summed E-state index contributed by atoms with van der Waals surface area (Å²) in [5.41, 5.74) is 0.898. The second-order valence-electron chi connectivity index (χ2n) is 7.96. The van der Waals surface area contributed by atoms with Gasteiger partial charge in [0.25, 0.3) is 5.69 Å². The minimum Gasteiger partial charge on any atom is -0.462 e. The molecule has 0 saturated carbocycles. The second-order valence-corrected chi connectivity index (χ2v) is 7.96. The van der Waals surface area contributed by atoms with Crippen LogP contribution in [0.2, 0.25) is 0 Å². The number of aliphatic hydroxyl groups excluding tert-OH is 1. The number of benzene rings is 2. The lowest BCUT2D eigenvalue weighted by Gasteiger charge is -2.49. The molecule has 4 rings (SSSR count). The molecule has 166 valence electrons. The van der Waals surface area contributed by atoms with Crippen molar-refractivity contribution in [2.45, 2.75) is 56.9 Å². The Hall–Kier alpha value is -2.56. The summed E-state index contributed by atoms with van der Waals surface area (Å²) in [6.07, 6.45) is -4.02. The summed E-state index contributed by atoms with van der Waals surface area (Å²) < 4.78 is 29.5. The fourth-order valence-corrected chi connectivity index (χ4v) is 3.65. The molecular formula is C22H25NO8. The van der Waals surface area contributed by atoms with Crippen molar-refractivity contribution in [1.82, 2.24) is 0 Å². The third-order valence-corrected chi connectivity index (χ3v) is 5.21. The zero-order chi connectivity index (χ0) is 22.0. The highest BCUT2D eigenvalue weighted by Gasteiger charge is 2.52. The van der Waals surface area contributed by atoms with E-state index in [2.05, 4.69) is 0 Å². The Bertz CT molecular complexity index is 888. The molecule has 9 heteroatoms. The van der Waals surface area contributed by atoms with Crippen molar-refractivity contribution in [1.29, 1.82) is 0 Å². The van der Waals surface area contributed by atoms with Crippen LogP contribution in [0.5, 0.6) is 5.75 Å². The van der Waals surface area contributed by atoms with Crippen molar-refractivity contribution in [3.05, 3.63) is 70.3 Å². The van der Waals surface area contributed by atoms with Crippen LogP contribution in [0.4, 0.5) is 5.69 Å². The maximum atomic E-state index is 11.0. The van der Waals surface area contributed by atoms with E-state index in [1.807, 2.05) is 30.3 Å².